The molecule has 0 unspecified atom stereocenters. The zero-order chi connectivity index (χ0) is 15.8. The van der Waals surface area contributed by atoms with Crippen molar-refractivity contribution in [1.82, 2.24) is 5.32 Å². The van der Waals surface area contributed by atoms with E-state index in [4.69, 9.17) is 0 Å². The van der Waals surface area contributed by atoms with Crippen LogP contribution in [0.4, 0.5) is 5.69 Å². The molecule has 0 aromatic heterocycles. The average molecular weight is 292 g/mol. The number of hydrogen-bond acceptors (Lipinski definition) is 2. The second-order valence-electron chi connectivity index (χ2n) is 4.55. The van der Waals surface area contributed by atoms with E-state index in [0.717, 1.165) is 0 Å². The first-order valence-corrected chi connectivity index (χ1v) is 6.95. The Kier molecular flexibility index (Phi) is 5.33. The monoisotopic (exact) mass is 292 g/mol. The van der Waals surface area contributed by atoms with E-state index in [0.29, 0.717) is 23.2 Å². The van der Waals surface area contributed by atoms with Crippen LogP contribution < -0.4 is 10.6 Å². The van der Waals surface area contributed by atoms with Crippen LogP contribution >= 0.6 is 0 Å². The van der Waals surface area contributed by atoms with Gasteiger partial charge in [-0.3, -0.25) is 14.9 Å². The van der Waals surface area contributed by atoms with E-state index in [1.807, 2.05) is 12.1 Å². The molecule has 0 atom stereocenters. The second-order valence-corrected chi connectivity index (χ2v) is 4.55. The number of carbonyl (C=O) groups excluding carboxylic acids is 2. The van der Waals surface area contributed by atoms with Gasteiger partial charge < -0.3 is 5.32 Å². The topological polar surface area (TPSA) is 58.2 Å². The van der Waals surface area contributed by atoms with Gasteiger partial charge in [-0.2, -0.15) is 0 Å². The molecule has 0 fully saturated rings. The molecule has 22 heavy (non-hydrogen) atoms. The number of anilines is 1. The Morgan fingerprint density at radius 3 is 2.55 bits per heavy atom. The van der Waals surface area contributed by atoms with Crippen molar-refractivity contribution in [3.63, 3.8) is 0 Å². The van der Waals surface area contributed by atoms with Crippen LogP contribution in [0.3, 0.4) is 0 Å². The summed E-state index contributed by atoms with van der Waals surface area (Å²) in [5, 5.41) is 5.29. The molecule has 0 bridgehead atoms. The Morgan fingerprint density at radius 2 is 1.82 bits per heavy atom. The third-order valence-corrected chi connectivity index (χ3v) is 2.89. The summed E-state index contributed by atoms with van der Waals surface area (Å²) in [5.74, 6) is 2.54. The van der Waals surface area contributed by atoms with Crippen molar-refractivity contribution in [3.05, 3.63) is 65.7 Å². The summed E-state index contributed by atoms with van der Waals surface area (Å²) in [5.41, 5.74) is 1.95. The van der Waals surface area contributed by atoms with Crippen molar-refractivity contribution in [2.45, 2.75) is 13.3 Å². The number of nitrogens with one attached hydrogen (secondary N) is 2. The molecule has 0 heterocycles. The minimum Gasteiger partial charge on any atom is -0.326 e. The van der Waals surface area contributed by atoms with Gasteiger partial charge in [0, 0.05) is 29.3 Å². The highest BCUT2D eigenvalue weighted by Gasteiger charge is 2.01. The summed E-state index contributed by atoms with van der Waals surface area (Å²) in [7, 11) is 0. The van der Waals surface area contributed by atoms with Crippen molar-refractivity contribution in [2.75, 3.05) is 5.32 Å². The Hall–Kier alpha value is -3.06. The highest BCUT2D eigenvalue weighted by Crippen LogP contribution is 2.09. The van der Waals surface area contributed by atoms with E-state index >= 15 is 0 Å². The normalized spacial score (nSPS) is 9.32. The zero-order valence-corrected chi connectivity index (χ0v) is 12.2. The lowest BCUT2D eigenvalue weighted by molar-refractivity contribution is -0.115. The van der Waals surface area contributed by atoms with E-state index in [1.54, 1.807) is 49.4 Å². The molecule has 4 nitrogen and oxygen atoms in total. The van der Waals surface area contributed by atoms with E-state index in [2.05, 4.69) is 22.6 Å². The van der Waals surface area contributed by atoms with Gasteiger partial charge in [0.05, 0.1) is 0 Å². The maximum absolute atomic E-state index is 11.8. The van der Waals surface area contributed by atoms with Gasteiger partial charge in [-0.25, -0.2) is 0 Å². The zero-order valence-electron chi connectivity index (χ0n) is 12.2. The number of rotatable bonds is 3. The van der Waals surface area contributed by atoms with E-state index in [-0.39, 0.29) is 11.8 Å². The summed E-state index contributed by atoms with van der Waals surface area (Å²) in [6, 6.07) is 18.7. The summed E-state index contributed by atoms with van der Waals surface area (Å²) in [6.07, 6.45) is 0.420. The van der Waals surface area contributed by atoms with E-state index in [9.17, 15) is 9.59 Å². The molecule has 2 N–H and O–H groups in total. The Bertz CT molecular complexity index is 727. The molecule has 0 aliphatic heterocycles. The molecule has 0 aliphatic rings. The molecule has 0 aliphatic carbocycles. The molecule has 2 amide bonds. The van der Waals surface area contributed by atoms with Crippen molar-refractivity contribution in [2.24, 2.45) is 0 Å². The second kappa shape index (κ2) is 7.65. The maximum Gasteiger partial charge on any atom is 0.262 e. The van der Waals surface area contributed by atoms with Crippen LogP contribution in [0.15, 0.2) is 54.6 Å². The van der Waals surface area contributed by atoms with Crippen LogP contribution in [-0.4, -0.2) is 11.8 Å². The predicted molar refractivity (Wildman–Crippen MR) is 86.1 cm³/mol. The molecular weight excluding hydrogens is 276 g/mol. The number of amides is 2. The fourth-order valence-corrected chi connectivity index (χ4v) is 1.75. The van der Waals surface area contributed by atoms with Gasteiger partial charge in [-0.05, 0) is 36.3 Å². The van der Waals surface area contributed by atoms with Crippen LogP contribution in [0.25, 0.3) is 0 Å². The molecule has 2 aromatic carbocycles. The van der Waals surface area contributed by atoms with Crippen LogP contribution in [0.5, 0.6) is 0 Å². The predicted octanol–water partition coefficient (Wildman–Crippen LogP) is 2.77. The molecule has 2 aromatic rings. The van der Waals surface area contributed by atoms with Gasteiger partial charge in [0.1, 0.15) is 0 Å². The van der Waals surface area contributed by atoms with Gasteiger partial charge in [-0.15, -0.1) is 0 Å². The van der Waals surface area contributed by atoms with Crippen LogP contribution in [0.2, 0.25) is 0 Å². The maximum atomic E-state index is 11.8. The third-order valence-electron chi connectivity index (χ3n) is 2.89. The smallest absolute Gasteiger partial charge is 0.262 e. The average Bonchev–Trinajstić information content (AvgIpc) is 2.56. The number of benzene rings is 2. The first-order valence-electron chi connectivity index (χ1n) is 6.95. The standard InChI is InChI=1S/C18H16N2O2/c1-2-17(21)20-16-10-6-7-14(13-16)11-12-19-18(22)15-8-4-3-5-9-15/h3-10,13H,2H2,1H3,(H,19,22)(H,20,21). The minimum absolute atomic E-state index is 0.0533. The quantitative estimate of drug-likeness (QED) is 0.675. The third kappa shape index (κ3) is 4.50. The molecule has 110 valence electrons. The van der Waals surface area contributed by atoms with Crippen LogP contribution in [-0.2, 0) is 4.79 Å². The van der Waals surface area contributed by atoms with Gasteiger partial charge >= 0.3 is 0 Å². The molecule has 2 rings (SSSR count). The van der Waals surface area contributed by atoms with E-state index in [1.165, 1.54) is 0 Å². The lowest BCUT2D eigenvalue weighted by Gasteiger charge is -2.03. The molecule has 0 saturated carbocycles. The molecule has 0 radical (unpaired) electrons. The Balaban J connectivity index is 2.01. The molecular formula is C18H16N2O2. The van der Waals surface area contributed by atoms with Crippen molar-refractivity contribution < 1.29 is 9.59 Å². The summed E-state index contributed by atoms with van der Waals surface area (Å²) in [6.45, 7) is 1.79. The SMILES string of the molecule is CCC(=O)Nc1cccc(C#CNC(=O)c2ccccc2)c1. The van der Waals surface area contributed by atoms with E-state index < -0.39 is 0 Å². The first-order chi connectivity index (χ1) is 10.7. The summed E-state index contributed by atoms with van der Waals surface area (Å²) in [4.78, 5) is 23.2. The molecule has 0 saturated heterocycles. The van der Waals surface area contributed by atoms with Gasteiger partial charge in [0.15, 0.2) is 0 Å². The number of hydrogen-bond donors (Lipinski definition) is 2. The van der Waals surface area contributed by atoms with Gasteiger partial charge in [0.25, 0.3) is 5.91 Å². The highest BCUT2D eigenvalue weighted by atomic mass is 16.2. The largest absolute Gasteiger partial charge is 0.326 e. The van der Waals surface area contributed by atoms with Crippen molar-refractivity contribution >= 4 is 17.5 Å². The van der Waals surface area contributed by atoms with Crippen LogP contribution in [0, 0.1) is 12.0 Å². The summed E-state index contributed by atoms with van der Waals surface area (Å²) < 4.78 is 0. The summed E-state index contributed by atoms with van der Waals surface area (Å²) >= 11 is 0. The van der Waals surface area contributed by atoms with Gasteiger partial charge in [-0.1, -0.05) is 31.2 Å². The minimum atomic E-state index is -0.247. The molecule has 0 spiro atoms. The molecule has 4 heteroatoms. The van der Waals surface area contributed by atoms with Crippen molar-refractivity contribution in [3.8, 4) is 12.0 Å². The van der Waals surface area contributed by atoms with Crippen molar-refractivity contribution in [1.29, 1.82) is 0 Å². The highest BCUT2D eigenvalue weighted by molar-refractivity contribution is 5.95. The first kappa shape index (κ1) is 15.3. The number of carbonyl (C=O) groups is 2. The fourth-order valence-electron chi connectivity index (χ4n) is 1.75. The fraction of sp³-hybridized carbons (Fsp3) is 0.111. The Morgan fingerprint density at radius 1 is 1.05 bits per heavy atom. The van der Waals surface area contributed by atoms with Crippen LogP contribution in [0.1, 0.15) is 29.3 Å². The van der Waals surface area contributed by atoms with Gasteiger partial charge in [0.2, 0.25) is 5.91 Å². The lowest BCUT2D eigenvalue weighted by Crippen LogP contribution is -2.17. The Labute approximate surface area is 129 Å². The lowest BCUT2D eigenvalue weighted by atomic mass is 10.2.